The van der Waals surface area contributed by atoms with Gasteiger partial charge in [-0.05, 0) is 43.4 Å². The molecule has 2 saturated carbocycles. The average molecular weight is 467 g/mol. The van der Waals surface area contributed by atoms with Gasteiger partial charge in [0.25, 0.3) is 5.89 Å². The van der Waals surface area contributed by atoms with Crippen molar-refractivity contribution in [1.82, 2.24) is 25.1 Å². The summed E-state index contributed by atoms with van der Waals surface area (Å²) in [7, 11) is -3.84. The summed E-state index contributed by atoms with van der Waals surface area (Å²) >= 11 is 0. The molecule has 2 heterocycles. The van der Waals surface area contributed by atoms with E-state index >= 15 is 0 Å². The first-order valence-electron chi connectivity index (χ1n) is 10.7. The Bertz CT molecular complexity index is 1130. The van der Waals surface area contributed by atoms with Crippen LogP contribution in [0.5, 0.6) is 0 Å². The zero-order valence-electron chi connectivity index (χ0n) is 17.1. The molecule has 1 aromatic carbocycles. The number of hydrogen-bond acceptors (Lipinski definition) is 6. The Morgan fingerprint density at radius 1 is 1.12 bits per heavy atom. The largest absolute Gasteiger partial charge is 0.415 e. The van der Waals surface area contributed by atoms with E-state index in [1.807, 2.05) is 0 Å². The highest BCUT2D eigenvalue weighted by atomic mass is 32.2. The van der Waals surface area contributed by atoms with Crippen LogP contribution in [0, 0.1) is 0 Å². The van der Waals surface area contributed by atoms with Gasteiger partial charge in [-0.3, -0.25) is 0 Å². The summed E-state index contributed by atoms with van der Waals surface area (Å²) < 4.78 is 58.8. The Morgan fingerprint density at radius 2 is 1.91 bits per heavy atom. The van der Waals surface area contributed by atoms with Crippen molar-refractivity contribution in [3.63, 3.8) is 0 Å². The predicted octanol–water partition coefficient (Wildman–Crippen LogP) is 2.95. The van der Waals surface area contributed by atoms with Crippen LogP contribution in [0.25, 0.3) is 11.5 Å². The first kappa shape index (κ1) is 21.3. The number of benzene rings is 1. The van der Waals surface area contributed by atoms with Crippen molar-refractivity contribution < 1.29 is 26.4 Å². The van der Waals surface area contributed by atoms with E-state index in [0.717, 1.165) is 25.7 Å². The fraction of sp³-hybridized carbons (Fsp3) is 0.550. The molecule has 2 aromatic rings. The van der Waals surface area contributed by atoms with E-state index in [9.17, 15) is 22.0 Å². The Hall–Kier alpha value is -2.60. The lowest BCUT2D eigenvalue weighted by molar-refractivity contribution is 0.116. The quantitative estimate of drug-likeness (QED) is 0.698. The summed E-state index contributed by atoms with van der Waals surface area (Å²) in [4.78, 5) is 12.4. The molecular formula is C20H23F2N5O4S. The maximum Gasteiger partial charge on any atom is 0.315 e. The molecule has 0 radical (unpaired) electrons. The van der Waals surface area contributed by atoms with Crippen molar-refractivity contribution in [1.29, 1.82) is 0 Å². The lowest BCUT2D eigenvalue weighted by atomic mass is 9.90. The Balaban J connectivity index is 1.39. The minimum absolute atomic E-state index is 0.0959. The molecule has 0 saturated heterocycles. The maximum atomic E-state index is 13.4. The molecule has 1 aliphatic heterocycles. The number of carbonyl (C=O) groups excluding carboxylic acids is 1. The summed E-state index contributed by atoms with van der Waals surface area (Å²) in [6.07, 6.45) is 2.18. The van der Waals surface area contributed by atoms with Crippen LogP contribution in [0.1, 0.15) is 56.4 Å². The summed E-state index contributed by atoms with van der Waals surface area (Å²) in [5, 5.41) is 12.8. The van der Waals surface area contributed by atoms with E-state index in [-0.39, 0.29) is 47.1 Å². The van der Waals surface area contributed by atoms with Gasteiger partial charge in [-0.1, -0.05) is 18.9 Å². The number of amides is 2. The lowest BCUT2D eigenvalue weighted by Gasteiger charge is -2.37. The number of hydrogen-bond donors (Lipinski definition) is 2. The van der Waals surface area contributed by atoms with Crippen LogP contribution in [0.2, 0.25) is 0 Å². The number of alkyl halides is 2. The summed E-state index contributed by atoms with van der Waals surface area (Å²) in [6.45, 7) is 0.192. The van der Waals surface area contributed by atoms with Crippen LogP contribution in [0.3, 0.4) is 0 Å². The standard InChI is InChI=1S/C20H23F2N5O4S/c21-17(22)19-26-25-18(31-19)11-5-6-12-10-27(32(29,30)16(12)9-11)15-4-2-1-3-14(15)24-20(28)23-13-7-8-13/h5-6,9,13-15,17H,1-4,7-8,10H2,(H2,23,24,28)/t14-,15-/m1/s1. The van der Waals surface area contributed by atoms with E-state index < -0.39 is 22.3 Å². The Kier molecular flexibility index (Phi) is 5.36. The highest BCUT2D eigenvalue weighted by Crippen LogP contribution is 2.38. The van der Waals surface area contributed by atoms with Gasteiger partial charge in [0.15, 0.2) is 0 Å². The zero-order chi connectivity index (χ0) is 22.5. The monoisotopic (exact) mass is 467 g/mol. The van der Waals surface area contributed by atoms with Gasteiger partial charge in [-0.15, -0.1) is 10.2 Å². The maximum absolute atomic E-state index is 13.4. The normalized spacial score (nSPS) is 25.0. The van der Waals surface area contributed by atoms with Crippen molar-refractivity contribution in [3.05, 3.63) is 29.7 Å². The molecule has 3 aliphatic rings. The van der Waals surface area contributed by atoms with Crippen molar-refractivity contribution in [2.45, 2.75) is 74.5 Å². The van der Waals surface area contributed by atoms with Gasteiger partial charge in [-0.25, -0.2) is 13.2 Å². The number of urea groups is 1. The smallest absolute Gasteiger partial charge is 0.315 e. The Labute approximate surface area is 183 Å². The third-order valence-electron chi connectivity index (χ3n) is 6.18. The molecule has 0 unspecified atom stereocenters. The molecule has 5 rings (SSSR count). The first-order valence-corrected chi connectivity index (χ1v) is 12.1. The van der Waals surface area contributed by atoms with Crippen LogP contribution in [0.15, 0.2) is 27.5 Å². The molecule has 172 valence electrons. The van der Waals surface area contributed by atoms with Gasteiger partial charge < -0.3 is 15.1 Å². The van der Waals surface area contributed by atoms with Gasteiger partial charge >= 0.3 is 12.5 Å². The SMILES string of the molecule is O=C(NC1CC1)N[C@@H]1CCCC[C@H]1N1Cc2ccc(-c3nnc(C(F)F)o3)cc2S1(=O)=O. The molecule has 2 amide bonds. The van der Waals surface area contributed by atoms with E-state index in [4.69, 9.17) is 4.42 Å². The van der Waals surface area contributed by atoms with Crippen LogP contribution in [-0.4, -0.2) is 47.1 Å². The summed E-state index contributed by atoms with van der Waals surface area (Å²) in [6, 6.07) is 3.93. The molecule has 0 spiro atoms. The van der Waals surface area contributed by atoms with E-state index in [0.29, 0.717) is 18.4 Å². The summed E-state index contributed by atoms with van der Waals surface area (Å²) in [5.74, 6) is -0.976. The molecule has 2 N–H and O–H groups in total. The van der Waals surface area contributed by atoms with Crippen LogP contribution in [0.4, 0.5) is 13.6 Å². The van der Waals surface area contributed by atoms with E-state index in [1.165, 1.54) is 10.4 Å². The van der Waals surface area contributed by atoms with Gasteiger partial charge in [0.1, 0.15) is 0 Å². The van der Waals surface area contributed by atoms with Gasteiger partial charge in [0, 0.05) is 30.2 Å². The van der Waals surface area contributed by atoms with Gasteiger partial charge in [0.05, 0.1) is 4.90 Å². The third-order valence-corrected chi connectivity index (χ3v) is 8.14. The second-order valence-corrected chi connectivity index (χ2v) is 10.3. The topological polar surface area (TPSA) is 117 Å². The second-order valence-electron chi connectivity index (χ2n) is 8.47. The Morgan fingerprint density at radius 3 is 2.62 bits per heavy atom. The van der Waals surface area contributed by atoms with Crippen molar-refractivity contribution in [3.8, 4) is 11.5 Å². The number of halogens is 2. The minimum atomic E-state index is -3.84. The molecule has 1 aromatic heterocycles. The van der Waals surface area contributed by atoms with Crippen LogP contribution < -0.4 is 10.6 Å². The van der Waals surface area contributed by atoms with Crippen molar-refractivity contribution >= 4 is 16.1 Å². The van der Waals surface area contributed by atoms with E-state index in [2.05, 4.69) is 20.8 Å². The molecular weight excluding hydrogens is 444 g/mol. The lowest BCUT2D eigenvalue weighted by Crippen LogP contribution is -2.55. The predicted molar refractivity (Wildman–Crippen MR) is 108 cm³/mol. The van der Waals surface area contributed by atoms with Crippen LogP contribution >= 0.6 is 0 Å². The van der Waals surface area contributed by atoms with Crippen molar-refractivity contribution in [2.24, 2.45) is 0 Å². The minimum Gasteiger partial charge on any atom is -0.415 e. The number of nitrogens with one attached hydrogen (secondary N) is 2. The third kappa shape index (κ3) is 3.96. The van der Waals surface area contributed by atoms with E-state index in [1.54, 1.807) is 12.1 Å². The molecule has 32 heavy (non-hydrogen) atoms. The number of sulfonamides is 1. The molecule has 2 aliphatic carbocycles. The molecule has 12 heteroatoms. The van der Waals surface area contributed by atoms with Crippen LogP contribution in [-0.2, 0) is 16.6 Å². The number of carbonyl (C=O) groups is 1. The zero-order valence-corrected chi connectivity index (χ0v) is 17.9. The van der Waals surface area contributed by atoms with Gasteiger partial charge in [0.2, 0.25) is 15.9 Å². The van der Waals surface area contributed by atoms with Gasteiger partial charge in [-0.2, -0.15) is 13.1 Å². The number of nitrogens with zero attached hydrogens (tertiary/aromatic N) is 3. The second kappa shape index (κ2) is 8.07. The number of aromatic nitrogens is 2. The first-order chi connectivity index (χ1) is 15.3. The molecule has 0 bridgehead atoms. The van der Waals surface area contributed by atoms with Crippen molar-refractivity contribution in [2.75, 3.05) is 0 Å². The fourth-order valence-corrected chi connectivity index (χ4v) is 6.33. The highest BCUT2D eigenvalue weighted by Gasteiger charge is 2.43. The fourth-order valence-electron chi connectivity index (χ4n) is 4.42. The summed E-state index contributed by atoms with van der Waals surface area (Å²) in [5.41, 5.74) is 0.866. The molecule has 9 nitrogen and oxygen atoms in total. The number of rotatable bonds is 5. The highest BCUT2D eigenvalue weighted by molar-refractivity contribution is 7.89. The average Bonchev–Trinajstić information content (AvgIpc) is 3.34. The molecule has 2 fully saturated rings. The molecule has 2 atom stereocenters. The number of fused-ring (bicyclic) bond motifs is 1.